The predicted molar refractivity (Wildman–Crippen MR) is 111 cm³/mol. The smallest absolute Gasteiger partial charge is 0.191 e. The highest BCUT2D eigenvalue weighted by atomic mass is 127. The van der Waals surface area contributed by atoms with Gasteiger partial charge in [-0.05, 0) is 43.2 Å². The third-order valence-corrected chi connectivity index (χ3v) is 3.64. The van der Waals surface area contributed by atoms with Crippen LogP contribution in [0.15, 0.2) is 27.8 Å². The number of halogens is 1. The molecule has 0 radical (unpaired) electrons. The Labute approximate surface area is 163 Å². The normalized spacial score (nSPS) is 12.8. The van der Waals surface area contributed by atoms with Crippen molar-refractivity contribution in [2.75, 3.05) is 26.2 Å². The summed E-state index contributed by atoms with van der Waals surface area (Å²) in [6.45, 7) is 9.24. The number of nitrogens with zero attached hydrogens (tertiary/aromatic N) is 1. The molecular formula is C18H34IN3O2. The molecule has 1 aromatic rings. The molecule has 1 atom stereocenters. The molecule has 24 heavy (non-hydrogen) atoms. The Morgan fingerprint density at radius 2 is 2.04 bits per heavy atom. The van der Waals surface area contributed by atoms with Gasteiger partial charge < -0.3 is 20.2 Å². The van der Waals surface area contributed by atoms with Crippen LogP contribution in [0.5, 0.6) is 0 Å². The Morgan fingerprint density at radius 1 is 1.29 bits per heavy atom. The number of hydrogen-bond donors (Lipinski definition) is 3. The third-order valence-electron chi connectivity index (χ3n) is 3.64. The van der Waals surface area contributed by atoms with Gasteiger partial charge in [0, 0.05) is 32.7 Å². The molecule has 3 N–H and O–H groups in total. The summed E-state index contributed by atoms with van der Waals surface area (Å²) < 4.78 is 5.34. The zero-order chi connectivity index (χ0) is 16.9. The molecule has 0 aliphatic carbocycles. The van der Waals surface area contributed by atoms with Gasteiger partial charge in [-0.1, -0.05) is 20.8 Å². The fourth-order valence-corrected chi connectivity index (χ4v) is 2.53. The average molecular weight is 451 g/mol. The summed E-state index contributed by atoms with van der Waals surface area (Å²) in [5.41, 5.74) is 0. The Bertz CT molecular complexity index is 422. The van der Waals surface area contributed by atoms with Crippen molar-refractivity contribution in [2.24, 2.45) is 16.8 Å². The van der Waals surface area contributed by atoms with Crippen LogP contribution in [0.1, 0.15) is 45.8 Å². The van der Waals surface area contributed by atoms with E-state index in [0.29, 0.717) is 11.8 Å². The quantitative estimate of drug-likeness (QED) is 0.274. The summed E-state index contributed by atoms with van der Waals surface area (Å²) in [6.07, 6.45) is 5.51. The predicted octanol–water partition coefficient (Wildman–Crippen LogP) is 3.43. The minimum Gasteiger partial charge on any atom is -0.469 e. The van der Waals surface area contributed by atoms with E-state index in [1.165, 1.54) is 0 Å². The molecule has 0 aliphatic rings. The number of aliphatic hydroxyl groups excluding tert-OH is 1. The van der Waals surface area contributed by atoms with Gasteiger partial charge in [-0.25, -0.2) is 0 Å². The third kappa shape index (κ3) is 10.9. The van der Waals surface area contributed by atoms with Crippen molar-refractivity contribution in [3.8, 4) is 0 Å². The van der Waals surface area contributed by atoms with Crippen LogP contribution >= 0.6 is 24.0 Å². The minimum atomic E-state index is 0. The molecule has 1 unspecified atom stereocenters. The van der Waals surface area contributed by atoms with E-state index in [9.17, 15) is 5.11 Å². The molecule has 1 aromatic heterocycles. The van der Waals surface area contributed by atoms with Crippen molar-refractivity contribution in [2.45, 2.75) is 46.5 Å². The van der Waals surface area contributed by atoms with E-state index < -0.39 is 0 Å². The number of aliphatic hydroxyl groups is 1. The van der Waals surface area contributed by atoms with Crippen LogP contribution in [-0.2, 0) is 6.42 Å². The maximum Gasteiger partial charge on any atom is 0.191 e. The number of nitrogens with one attached hydrogen (secondary N) is 2. The Morgan fingerprint density at radius 3 is 2.62 bits per heavy atom. The highest BCUT2D eigenvalue weighted by Crippen LogP contribution is 2.15. The van der Waals surface area contributed by atoms with E-state index in [0.717, 1.165) is 57.0 Å². The zero-order valence-corrected chi connectivity index (χ0v) is 17.6. The molecule has 0 saturated heterocycles. The Balaban J connectivity index is 0.00000529. The summed E-state index contributed by atoms with van der Waals surface area (Å²) in [7, 11) is 0. The minimum absolute atomic E-state index is 0. The van der Waals surface area contributed by atoms with Crippen LogP contribution in [0.2, 0.25) is 0 Å². The highest BCUT2D eigenvalue weighted by Gasteiger charge is 2.10. The van der Waals surface area contributed by atoms with E-state index in [4.69, 9.17) is 9.41 Å². The van der Waals surface area contributed by atoms with Gasteiger partial charge >= 0.3 is 0 Å². The molecule has 0 saturated carbocycles. The summed E-state index contributed by atoms with van der Waals surface area (Å²) in [4.78, 5) is 4.70. The maximum atomic E-state index is 9.21. The van der Waals surface area contributed by atoms with E-state index >= 15 is 0 Å². The largest absolute Gasteiger partial charge is 0.469 e. The van der Waals surface area contributed by atoms with Crippen LogP contribution in [0.25, 0.3) is 0 Å². The lowest BCUT2D eigenvalue weighted by Crippen LogP contribution is -2.39. The first kappa shape index (κ1) is 23.2. The average Bonchev–Trinajstić information content (AvgIpc) is 3.02. The second kappa shape index (κ2) is 14.6. The molecule has 6 heteroatoms. The molecule has 0 amide bonds. The number of rotatable bonds is 11. The van der Waals surface area contributed by atoms with Crippen LogP contribution in [0, 0.1) is 11.8 Å². The van der Waals surface area contributed by atoms with Crippen molar-refractivity contribution in [1.82, 2.24) is 10.6 Å². The van der Waals surface area contributed by atoms with Gasteiger partial charge in [0.1, 0.15) is 5.76 Å². The van der Waals surface area contributed by atoms with Crippen LogP contribution in [0.3, 0.4) is 0 Å². The first-order valence-corrected chi connectivity index (χ1v) is 8.81. The van der Waals surface area contributed by atoms with Gasteiger partial charge in [-0.15, -0.1) is 24.0 Å². The van der Waals surface area contributed by atoms with E-state index in [-0.39, 0.29) is 30.6 Å². The second-order valence-electron chi connectivity index (χ2n) is 6.38. The standard InChI is InChI=1S/C18H33N3O2.HI/c1-4-9-19-18(20-10-7-17-6-5-12-23-17)21-14-16(8-11-22)13-15(2)3;/h5-6,12,15-16,22H,4,7-11,13-14H2,1-3H3,(H2,19,20,21);1H. The number of guanidine groups is 1. The lowest BCUT2D eigenvalue weighted by molar-refractivity contribution is 0.245. The van der Waals surface area contributed by atoms with Gasteiger partial charge in [0.25, 0.3) is 0 Å². The summed E-state index contributed by atoms with van der Waals surface area (Å²) >= 11 is 0. The number of hydrogen-bond acceptors (Lipinski definition) is 3. The first-order valence-electron chi connectivity index (χ1n) is 8.81. The van der Waals surface area contributed by atoms with Gasteiger partial charge in [-0.2, -0.15) is 0 Å². The van der Waals surface area contributed by atoms with Crippen LogP contribution < -0.4 is 10.6 Å². The fraction of sp³-hybridized carbons (Fsp3) is 0.722. The Kier molecular flexibility index (Phi) is 14.1. The molecule has 1 rings (SSSR count). The lowest BCUT2D eigenvalue weighted by atomic mass is 9.94. The lowest BCUT2D eigenvalue weighted by Gasteiger charge is -2.17. The van der Waals surface area contributed by atoms with Crippen LogP contribution in [-0.4, -0.2) is 37.3 Å². The fourth-order valence-electron chi connectivity index (χ4n) is 2.53. The van der Waals surface area contributed by atoms with E-state index in [1.807, 2.05) is 12.1 Å². The molecular weight excluding hydrogens is 417 g/mol. The summed E-state index contributed by atoms with van der Waals surface area (Å²) in [6, 6.07) is 3.89. The molecule has 0 aliphatic heterocycles. The van der Waals surface area contributed by atoms with Crippen molar-refractivity contribution in [1.29, 1.82) is 0 Å². The molecule has 140 valence electrons. The Hall–Kier alpha value is -0.760. The molecule has 0 fully saturated rings. The monoisotopic (exact) mass is 451 g/mol. The molecule has 0 aromatic carbocycles. The molecule has 0 bridgehead atoms. The second-order valence-corrected chi connectivity index (χ2v) is 6.38. The number of furan rings is 1. The van der Waals surface area contributed by atoms with Gasteiger partial charge in [-0.3, -0.25) is 4.99 Å². The molecule has 1 heterocycles. The maximum absolute atomic E-state index is 9.21. The van der Waals surface area contributed by atoms with Crippen molar-refractivity contribution >= 4 is 29.9 Å². The topological polar surface area (TPSA) is 69.8 Å². The van der Waals surface area contributed by atoms with Gasteiger partial charge in [0.15, 0.2) is 5.96 Å². The van der Waals surface area contributed by atoms with E-state index in [2.05, 4.69) is 31.4 Å². The van der Waals surface area contributed by atoms with Crippen LogP contribution in [0.4, 0.5) is 0 Å². The molecule has 5 nitrogen and oxygen atoms in total. The van der Waals surface area contributed by atoms with Gasteiger partial charge in [0.2, 0.25) is 0 Å². The number of aliphatic imine (C=N–C) groups is 1. The van der Waals surface area contributed by atoms with Gasteiger partial charge in [0.05, 0.1) is 6.26 Å². The zero-order valence-electron chi connectivity index (χ0n) is 15.3. The summed E-state index contributed by atoms with van der Waals surface area (Å²) in [5.74, 6) is 2.89. The summed E-state index contributed by atoms with van der Waals surface area (Å²) in [5, 5.41) is 15.9. The van der Waals surface area contributed by atoms with Crippen molar-refractivity contribution < 1.29 is 9.52 Å². The first-order chi connectivity index (χ1) is 11.2. The SMILES string of the molecule is CCCNC(=NCC(CCO)CC(C)C)NCCc1ccco1.I. The van der Waals surface area contributed by atoms with Crippen molar-refractivity contribution in [3.05, 3.63) is 24.2 Å². The van der Waals surface area contributed by atoms with E-state index in [1.54, 1.807) is 6.26 Å². The van der Waals surface area contributed by atoms with Crippen molar-refractivity contribution in [3.63, 3.8) is 0 Å². The molecule has 0 spiro atoms. The highest BCUT2D eigenvalue weighted by molar-refractivity contribution is 14.0.